The van der Waals surface area contributed by atoms with Gasteiger partial charge in [-0.05, 0) is 25.5 Å². The summed E-state index contributed by atoms with van der Waals surface area (Å²) >= 11 is 0. The molecule has 1 aromatic rings. The Morgan fingerprint density at radius 1 is 0.679 bits per heavy atom. The van der Waals surface area contributed by atoms with Gasteiger partial charge in [0, 0.05) is 6.42 Å². The van der Waals surface area contributed by atoms with Crippen molar-refractivity contribution in [2.24, 2.45) is 0 Å². The Morgan fingerprint density at radius 3 is 1.64 bits per heavy atom. The van der Waals surface area contributed by atoms with E-state index in [1.807, 2.05) is 6.07 Å². The molecule has 160 valence electrons. The van der Waals surface area contributed by atoms with E-state index in [4.69, 9.17) is 4.74 Å². The Bertz CT molecular complexity index is 488. The van der Waals surface area contributed by atoms with Crippen molar-refractivity contribution in [1.29, 1.82) is 0 Å². The third-order valence-corrected chi connectivity index (χ3v) is 6.13. The predicted octanol–water partition coefficient (Wildman–Crippen LogP) is 8.86. The van der Waals surface area contributed by atoms with Crippen LogP contribution in [0.1, 0.15) is 123 Å². The Labute approximate surface area is 174 Å². The number of para-hydroxylation sites is 2. The van der Waals surface area contributed by atoms with Gasteiger partial charge in [0.25, 0.3) is 0 Å². The summed E-state index contributed by atoms with van der Waals surface area (Å²) in [6, 6.07) is 8.27. The molecule has 0 saturated carbocycles. The highest BCUT2D eigenvalue weighted by Crippen LogP contribution is 2.38. The van der Waals surface area contributed by atoms with E-state index < -0.39 is 0 Å². The minimum atomic E-state index is -0.209. The van der Waals surface area contributed by atoms with Gasteiger partial charge < -0.3 is 10.1 Å². The number of anilines is 1. The van der Waals surface area contributed by atoms with E-state index >= 15 is 0 Å². The third-order valence-electron chi connectivity index (χ3n) is 6.13. The standard InChI is InChI=1S/C26H45NO/c1-3-4-5-6-7-8-9-10-11-12-13-14-15-16-17-20-23-26(2)27-24-21-18-19-22-25(24)28-26/h18-19,21-22,27H,3-17,20,23H2,1-2H3. The summed E-state index contributed by atoms with van der Waals surface area (Å²) in [4.78, 5) is 0. The van der Waals surface area contributed by atoms with Crippen LogP contribution in [0.15, 0.2) is 24.3 Å². The van der Waals surface area contributed by atoms with Gasteiger partial charge in [0.15, 0.2) is 5.72 Å². The highest BCUT2D eigenvalue weighted by atomic mass is 16.5. The molecule has 0 aliphatic carbocycles. The van der Waals surface area contributed by atoms with Crippen molar-refractivity contribution in [3.63, 3.8) is 0 Å². The average Bonchev–Trinajstić information content (AvgIpc) is 3.04. The lowest BCUT2D eigenvalue weighted by atomic mass is 10.0. The molecule has 2 rings (SSSR count). The Kier molecular flexibility index (Phi) is 11.5. The first-order valence-corrected chi connectivity index (χ1v) is 12.3. The zero-order chi connectivity index (χ0) is 19.9. The smallest absolute Gasteiger partial charge is 0.178 e. The first-order chi connectivity index (χ1) is 13.7. The maximum Gasteiger partial charge on any atom is 0.178 e. The third kappa shape index (κ3) is 9.34. The van der Waals surface area contributed by atoms with Crippen LogP contribution in [0, 0.1) is 0 Å². The molecule has 2 heteroatoms. The zero-order valence-electron chi connectivity index (χ0n) is 18.7. The van der Waals surface area contributed by atoms with Crippen molar-refractivity contribution in [3.8, 4) is 5.75 Å². The molecule has 1 N–H and O–H groups in total. The SMILES string of the molecule is CCCCCCCCCCCCCCCCCCC1(C)Nc2ccccc2O1. The molecular formula is C26H45NO. The summed E-state index contributed by atoms with van der Waals surface area (Å²) in [6.07, 6.45) is 23.8. The van der Waals surface area contributed by atoms with Crippen molar-refractivity contribution < 1.29 is 4.74 Å². The lowest BCUT2D eigenvalue weighted by Crippen LogP contribution is -2.36. The Balaban J connectivity index is 1.33. The molecule has 1 atom stereocenters. The van der Waals surface area contributed by atoms with E-state index in [2.05, 4.69) is 37.4 Å². The number of unbranched alkanes of at least 4 members (excludes halogenated alkanes) is 15. The van der Waals surface area contributed by atoms with Gasteiger partial charge in [0.05, 0.1) is 5.69 Å². The molecule has 2 nitrogen and oxygen atoms in total. The molecule has 1 aliphatic heterocycles. The van der Waals surface area contributed by atoms with Gasteiger partial charge in [-0.15, -0.1) is 0 Å². The molecule has 0 saturated heterocycles. The van der Waals surface area contributed by atoms with Crippen molar-refractivity contribution in [2.45, 2.75) is 129 Å². The maximum absolute atomic E-state index is 6.11. The van der Waals surface area contributed by atoms with Gasteiger partial charge in [-0.3, -0.25) is 0 Å². The lowest BCUT2D eigenvalue weighted by Gasteiger charge is -2.24. The fourth-order valence-electron chi connectivity index (χ4n) is 4.34. The molecular weight excluding hydrogens is 342 g/mol. The van der Waals surface area contributed by atoms with E-state index in [1.54, 1.807) is 0 Å². The van der Waals surface area contributed by atoms with Gasteiger partial charge >= 0.3 is 0 Å². The van der Waals surface area contributed by atoms with Crippen LogP contribution >= 0.6 is 0 Å². The summed E-state index contributed by atoms with van der Waals surface area (Å²) in [6.45, 7) is 4.47. The van der Waals surface area contributed by atoms with Crippen LogP contribution < -0.4 is 10.1 Å². The molecule has 0 amide bonds. The van der Waals surface area contributed by atoms with E-state index in [1.165, 1.54) is 103 Å². The number of benzene rings is 1. The topological polar surface area (TPSA) is 21.3 Å². The highest BCUT2D eigenvalue weighted by Gasteiger charge is 2.32. The number of fused-ring (bicyclic) bond motifs is 1. The Morgan fingerprint density at radius 2 is 1.14 bits per heavy atom. The van der Waals surface area contributed by atoms with Gasteiger partial charge in [-0.25, -0.2) is 0 Å². The molecule has 1 aromatic carbocycles. The van der Waals surface area contributed by atoms with Crippen LogP contribution in [0.4, 0.5) is 5.69 Å². The van der Waals surface area contributed by atoms with Gasteiger partial charge in [-0.1, -0.05) is 115 Å². The minimum Gasteiger partial charge on any atom is -0.466 e. The molecule has 1 aliphatic rings. The lowest BCUT2D eigenvalue weighted by molar-refractivity contribution is 0.125. The number of hydrogen-bond acceptors (Lipinski definition) is 2. The van der Waals surface area contributed by atoms with Crippen molar-refractivity contribution in [3.05, 3.63) is 24.3 Å². The second-order valence-electron chi connectivity index (χ2n) is 9.01. The molecule has 28 heavy (non-hydrogen) atoms. The monoisotopic (exact) mass is 387 g/mol. The van der Waals surface area contributed by atoms with Crippen LogP contribution in [-0.4, -0.2) is 5.72 Å². The summed E-state index contributed by atoms with van der Waals surface area (Å²) in [5, 5.41) is 3.54. The van der Waals surface area contributed by atoms with Gasteiger partial charge in [-0.2, -0.15) is 0 Å². The second kappa shape index (κ2) is 13.9. The quantitative estimate of drug-likeness (QED) is 0.269. The fraction of sp³-hybridized carbons (Fsp3) is 0.769. The molecule has 1 unspecified atom stereocenters. The molecule has 1 heterocycles. The number of nitrogens with one attached hydrogen (secondary N) is 1. The molecule has 0 radical (unpaired) electrons. The number of hydrogen-bond donors (Lipinski definition) is 1. The second-order valence-corrected chi connectivity index (χ2v) is 9.01. The van der Waals surface area contributed by atoms with E-state index in [0.717, 1.165) is 17.9 Å². The van der Waals surface area contributed by atoms with Gasteiger partial charge in [0.2, 0.25) is 0 Å². The minimum absolute atomic E-state index is 0.209. The fourth-order valence-corrected chi connectivity index (χ4v) is 4.34. The first kappa shape index (κ1) is 23.1. The van der Waals surface area contributed by atoms with E-state index in [9.17, 15) is 0 Å². The predicted molar refractivity (Wildman–Crippen MR) is 123 cm³/mol. The van der Waals surface area contributed by atoms with E-state index in [-0.39, 0.29) is 5.72 Å². The highest BCUT2D eigenvalue weighted by molar-refractivity contribution is 5.61. The van der Waals surface area contributed by atoms with Crippen molar-refractivity contribution in [2.75, 3.05) is 5.32 Å². The first-order valence-electron chi connectivity index (χ1n) is 12.3. The van der Waals surface area contributed by atoms with Crippen LogP contribution in [0.5, 0.6) is 5.75 Å². The normalized spacial score (nSPS) is 17.9. The summed E-state index contributed by atoms with van der Waals surface area (Å²) < 4.78 is 6.11. The van der Waals surface area contributed by atoms with Gasteiger partial charge in [0.1, 0.15) is 5.75 Å². The zero-order valence-corrected chi connectivity index (χ0v) is 18.7. The van der Waals surface area contributed by atoms with Crippen LogP contribution in [0.2, 0.25) is 0 Å². The van der Waals surface area contributed by atoms with Crippen molar-refractivity contribution >= 4 is 5.69 Å². The number of ether oxygens (including phenoxy) is 1. The average molecular weight is 388 g/mol. The van der Waals surface area contributed by atoms with Crippen molar-refractivity contribution in [1.82, 2.24) is 0 Å². The summed E-state index contributed by atoms with van der Waals surface area (Å²) in [5.74, 6) is 1.00. The summed E-state index contributed by atoms with van der Waals surface area (Å²) in [5.41, 5.74) is 0.932. The molecule has 0 fully saturated rings. The number of rotatable bonds is 17. The Hall–Kier alpha value is -1.18. The van der Waals surface area contributed by atoms with Crippen LogP contribution in [-0.2, 0) is 0 Å². The molecule has 0 spiro atoms. The largest absolute Gasteiger partial charge is 0.466 e. The maximum atomic E-state index is 6.11. The van der Waals surface area contributed by atoms with Crippen LogP contribution in [0.3, 0.4) is 0 Å². The molecule has 0 aromatic heterocycles. The molecule has 0 bridgehead atoms. The summed E-state index contributed by atoms with van der Waals surface area (Å²) in [7, 11) is 0. The van der Waals surface area contributed by atoms with Crippen LogP contribution in [0.25, 0.3) is 0 Å². The van der Waals surface area contributed by atoms with E-state index in [0.29, 0.717) is 0 Å².